The van der Waals surface area contributed by atoms with Crippen LogP contribution in [-0.2, 0) is 14.8 Å². The number of nitrogens with zero attached hydrogens (tertiary/aromatic N) is 1. The number of carbonyl (C=O) groups excluding carboxylic acids is 1. The van der Waals surface area contributed by atoms with Crippen LogP contribution in [0.4, 0.5) is 11.4 Å². The van der Waals surface area contributed by atoms with Crippen LogP contribution < -0.4 is 10.6 Å². The lowest BCUT2D eigenvalue weighted by molar-refractivity contribution is -0.115. The van der Waals surface area contributed by atoms with Gasteiger partial charge in [-0.15, -0.1) is 4.40 Å². The maximum Gasteiger partial charge on any atom is 0.286 e. The Morgan fingerprint density at radius 1 is 1.13 bits per heavy atom. The number of hydrogen-bond acceptors (Lipinski definition) is 4. The van der Waals surface area contributed by atoms with Gasteiger partial charge in [-0.2, -0.15) is 8.42 Å². The van der Waals surface area contributed by atoms with E-state index in [9.17, 15) is 13.2 Å². The Kier molecular flexibility index (Phi) is 3.87. The van der Waals surface area contributed by atoms with Crippen molar-refractivity contribution in [2.75, 3.05) is 10.6 Å². The lowest BCUT2D eigenvalue weighted by Crippen LogP contribution is -2.26. The molecule has 0 aliphatic carbocycles. The zero-order valence-corrected chi connectivity index (χ0v) is 13.2. The standard InChI is InChI=1S/C16H15N3O3S/c1-11-6-8-12(9-7-11)17-16(20)10-15-18-13-4-2-3-5-14(13)23(21,22)19-15/h2-9H,10H2,1H3,(H,17,20)(H,18,19). The topological polar surface area (TPSA) is 87.6 Å². The highest BCUT2D eigenvalue weighted by Gasteiger charge is 2.25. The zero-order chi connectivity index (χ0) is 16.4. The Morgan fingerprint density at radius 3 is 2.57 bits per heavy atom. The molecule has 0 radical (unpaired) electrons. The number of amides is 1. The molecule has 0 bridgehead atoms. The molecule has 0 saturated carbocycles. The smallest absolute Gasteiger partial charge is 0.286 e. The minimum atomic E-state index is -3.77. The van der Waals surface area contributed by atoms with Gasteiger partial charge < -0.3 is 10.6 Å². The molecule has 7 heteroatoms. The van der Waals surface area contributed by atoms with Gasteiger partial charge in [-0.1, -0.05) is 29.8 Å². The van der Waals surface area contributed by atoms with Crippen molar-refractivity contribution in [3.63, 3.8) is 0 Å². The molecular formula is C16H15N3O3S. The van der Waals surface area contributed by atoms with Crippen LogP contribution in [0.25, 0.3) is 0 Å². The number of fused-ring (bicyclic) bond motifs is 1. The quantitative estimate of drug-likeness (QED) is 0.906. The summed E-state index contributed by atoms with van der Waals surface area (Å²) in [5, 5.41) is 5.60. The van der Waals surface area contributed by atoms with Crippen molar-refractivity contribution in [2.45, 2.75) is 18.2 Å². The Morgan fingerprint density at radius 2 is 1.83 bits per heavy atom. The number of hydrogen-bond donors (Lipinski definition) is 2. The fourth-order valence-corrected chi connectivity index (χ4v) is 3.38. The third-order valence-electron chi connectivity index (χ3n) is 3.34. The van der Waals surface area contributed by atoms with Crippen molar-refractivity contribution in [1.29, 1.82) is 0 Å². The molecule has 118 valence electrons. The minimum Gasteiger partial charge on any atom is -0.341 e. The predicted molar refractivity (Wildman–Crippen MR) is 89.1 cm³/mol. The molecule has 0 fully saturated rings. The number of nitrogens with one attached hydrogen (secondary N) is 2. The van der Waals surface area contributed by atoms with Crippen LogP contribution in [-0.4, -0.2) is 20.2 Å². The van der Waals surface area contributed by atoms with E-state index in [1.165, 1.54) is 6.07 Å². The number of benzene rings is 2. The van der Waals surface area contributed by atoms with E-state index < -0.39 is 10.0 Å². The van der Waals surface area contributed by atoms with Gasteiger partial charge in [0.25, 0.3) is 10.0 Å². The van der Waals surface area contributed by atoms with Gasteiger partial charge in [-0.25, -0.2) is 0 Å². The van der Waals surface area contributed by atoms with Crippen molar-refractivity contribution in [3.05, 3.63) is 54.1 Å². The predicted octanol–water partition coefficient (Wildman–Crippen LogP) is 2.54. The van der Waals surface area contributed by atoms with E-state index in [4.69, 9.17) is 0 Å². The summed E-state index contributed by atoms with van der Waals surface area (Å²) in [6, 6.07) is 13.8. The highest BCUT2D eigenvalue weighted by molar-refractivity contribution is 7.90. The fraction of sp³-hybridized carbons (Fsp3) is 0.125. The lowest BCUT2D eigenvalue weighted by Gasteiger charge is -2.17. The van der Waals surface area contributed by atoms with E-state index in [1.54, 1.807) is 30.3 Å². The van der Waals surface area contributed by atoms with Gasteiger partial charge in [0, 0.05) is 5.69 Å². The maximum atomic E-state index is 12.1. The summed E-state index contributed by atoms with van der Waals surface area (Å²) >= 11 is 0. The molecule has 1 aliphatic rings. The van der Waals surface area contributed by atoms with Crippen LogP contribution in [0.3, 0.4) is 0 Å². The third kappa shape index (κ3) is 3.40. The van der Waals surface area contributed by atoms with Crippen LogP contribution >= 0.6 is 0 Å². The van der Waals surface area contributed by atoms with Crippen molar-refractivity contribution in [2.24, 2.45) is 4.40 Å². The molecule has 0 aromatic heterocycles. The first-order chi connectivity index (χ1) is 10.9. The maximum absolute atomic E-state index is 12.1. The second kappa shape index (κ2) is 5.85. The average Bonchev–Trinajstić information content (AvgIpc) is 2.49. The Hall–Kier alpha value is -2.67. The van der Waals surface area contributed by atoms with Gasteiger partial charge in [-0.05, 0) is 31.2 Å². The molecule has 2 N–H and O–H groups in total. The minimum absolute atomic E-state index is 0.105. The second-order valence-corrected chi connectivity index (χ2v) is 6.80. The molecule has 0 spiro atoms. The van der Waals surface area contributed by atoms with E-state index in [-0.39, 0.29) is 23.1 Å². The van der Waals surface area contributed by atoms with Gasteiger partial charge in [0.15, 0.2) is 0 Å². The number of amidine groups is 1. The number of carbonyl (C=O) groups is 1. The largest absolute Gasteiger partial charge is 0.341 e. The summed E-state index contributed by atoms with van der Waals surface area (Å²) in [4.78, 5) is 12.2. The van der Waals surface area contributed by atoms with Crippen LogP contribution in [0.1, 0.15) is 12.0 Å². The highest BCUT2D eigenvalue weighted by Crippen LogP contribution is 2.27. The molecule has 0 unspecified atom stereocenters. The van der Waals surface area contributed by atoms with Gasteiger partial charge in [0.2, 0.25) is 5.91 Å². The van der Waals surface area contributed by atoms with Crippen molar-refractivity contribution in [3.8, 4) is 0 Å². The molecule has 1 heterocycles. The van der Waals surface area contributed by atoms with E-state index >= 15 is 0 Å². The van der Waals surface area contributed by atoms with E-state index in [2.05, 4.69) is 15.0 Å². The SMILES string of the molecule is Cc1ccc(NC(=O)CC2=NS(=O)(=O)c3ccccc3N2)cc1. The van der Waals surface area contributed by atoms with Crippen LogP contribution in [0, 0.1) is 6.92 Å². The Balaban J connectivity index is 1.75. The first-order valence-electron chi connectivity index (χ1n) is 7.00. The van der Waals surface area contributed by atoms with Crippen LogP contribution in [0.2, 0.25) is 0 Å². The molecule has 2 aromatic carbocycles. The first kappa shape index (κ1) is 15.2. The van der Waals surface area contributed by atoms with Crippen molar-refractivity contribution < 1.29 is 13.2 Å². The number of aryl methyl sites for hydroxylation is 1. The van der Waals surface area contributed by atoms with E-state index in [1.807, 2.05) is 19.1 Å². The molecular weight excluding hydrogens is 314 g/mol. The van der Waals surface area contributed by atoms with E-state index in [0.717, 1.165) is 5.56 Å². The highest BCUT2D eigenvalue weighted by atomic mass is 32.2. The third-order valence-corrected chi connectivity index (χ3v) is 4.71. The first-order valence-corrected chi connectivity index (χ1v) is 8.44. The Labute approximate surface area is 134 Å². The van der Waals surface area contributed by atoms with Crippen LogP contribution in [0.5, 0.6) is 0 Å². The number of rotatable bonds is 3. The molecule has 23 heavy (non-hydrogen) atoms. The summed E-state index contributed by atoms with van der Waals surface area (Å²) in [5.41, 5.74) is 2.17. The lowest BCUT2D eigenvalue weighted by atomic mass is 10.2. The average molecular weight is 329 g/mol. The molecule has 1 amide bonds. The van der Waals surface area contributed by atoms with Gasteiger partial charge in [0.1, 0.15) is 10.7 Å². The van der Waals surface area contributed by atoms with Gasteiger partial charge >= 0.3 is 0 Å². The van der Waals surface area contributed by atoms with Gasteiger partial charge in [0.05, 0.1) is 12.1 Å². The number of anilines is 2. The summed E-state index contributed by atoms with van der Waals surface area (Å²) in [7, 11) is -3.77. The number of sulfonamides is 1. The normalized spacial score (nSPS) is 15.1. The fourth-order valence-electron chi connectivity index (χ4n) is 2.24. The molecule has 6 nitrogen and oxygen atoms in total. The molecule has 0 atom stereocenters. The zero-order valence-electron chi connectivity index (χ0n) is 12.4. The molecule has 2 aromatic rings. The van der Waals surface area contributed by atoms with Crippen molar-refractivity contribution in [1.82, 2.24) is 0 Å². The molecule has 0 saturated heterocycles. The monoisotopic (exact) mass is 329 g/mol. The second-order valence-electron chi connectivity index (χ2n) is 5.23. The summed E-state index contributed by atoms with van der Waals surface area (Å²) in [6.45, 7) is 1.95. The summed E-state index contributed by atoms with van der Waals surface area (Å²) in [6.07, 6.45) is -0.151. The molecule has 3 rings (SSSR count). The van der Waals surface area contributed by atoms with Gasteiger partial charge in [-0.3, -0.25) is 4.79 Å². The van der Waals surface area contributed by atoms with E-state index in [0.29, 0.717) is 11.4 Å². The summed E-state index contributed by atoms with van der Waals surface area (Å²) in [5.74, 6) is -0.233. The van der Waals surface area contributed by atoms with Crippen molar-refractivity contribution >= 4 is 33.1 Å². The van der Waals surface area contributed by atoms with Crippen LogP contribution in [0.15, 0.2) is 57.8 Å². The Bertz CT molecular complexity index is 887. The number of para-hydroxylation sites is 1. The molecule has 1 aliphatic heterocycles. The summed E-state index contributed by atoms with van der Waals surface area (Å²) < 4.78 is 27.9.